The Balaban J connectivity index is 2.53. The predicted molar refractivity (Wildman–Crippen MR) is 114 cm³/mol. The molecule has 2 rings (SSSR count). The van der Waals surface area contributed by atoms with Crippen molar-refractivity contribution in [3.8, 4) is 5.75 Å². The van der Waals surface area contributed by atoms with Gasteiger partial charge < -0.3 is 4.74 Å². The van der Waals surface area contributed by atoms with E-state index in [9.17, 15) is 4.79 Å². The Hall–Kier alpha value is -2.42. The van der Waals surface area contributed by atoms with Crippen LogP contribution in [0.1, 0.15) is 72.6 Å². The molecule has 2 aromatic carbocycles. The summed E-state index contributed by atoms with van der Waals surface area (Å²) in [6.07, 6.45) is 1.94. The van der Waals surface area contributed by atoms with E-state index in [0.717, 1.165) is 46.4 Å². The van der Waals surface area contributed by atoms with E-state index >= 15 is 0 Å². The molecule has 0 saturated carbocycles. The summed E-state index contributed by atoms with van der Waals surface area (Å²) in [6.45, 7) is 11.4. The molecule has 2 aromatic rings. The van der Waals surface area contributed by atoms with E-state index in [-0.39, 0.29) is 0 Å². The quantitative estimate of drug-likeness (QED) is 0.436. The number of carbonyl (C=O) groups is 1. The molecule has 0 fully saturated rings. The number of carbonyl (C=O) groups excluding carboxylic acids is 1. The fraction of sp³-hybridized carbons (Fsp3) is 0.417. The van der Waals surface area contributed by atoms with Crippen LogP contribution in [0.15, 0.2) is 41.4 Å². The van der Waals surface area contributed by atoms with Gasteiger partial charge in [0.2, 0.25) is 0 Å². The van der Waals surface area contributed by atoms with Crippen molar-refractivity contribution in [1.29, 1.82) is 0 Å². The highest BCUT2D eigenvalue weighted by Crippen LogP contribution is 2.29. The minimum Gasteiger partial charge on any atom is -0.493 e. The summed E-state index contributed by atoms with van der Waals surface area (Å²) in [5.74, 6) is 1.78. The van der Waals surface area contributed by atoms with Crippen molar-refractivity contribution in [2.75, 3.05) is 13.7 Å². The van der Waals surface area contributed by atoms with E-state index in [1.165, 1.54) is 0 Å². The Labute approximate surface area is 163 Å². The first kappa shape index (κ1) is 20.9. The first-order valence-corrected chi connectivity index (χ1v) is 9.68. The number of hydrogen-bond donors (Lipinski definition) is 0. The molecule has 27 heavy (non-hydrogen) atoms. The lowest BCUT2D eigenvalue weighted by molar-refractivity contribution is 0.112. The normalized spacial score (nSPS) is 11.9. The van der Waals surface area contributed by atoms with Crippen molar-refractivity contribution in [3.63, 3.8) is 0 Å². The Bertz CT molecular complexity index is 819. The summed E-state index contributed by atoms with van der Waals surface area (Å²) in [6, 6.07) is 11.9. The van der Waals surface area contributed by atoms with Crippen molar-refractivity contribution in [2.45, 2.75) is 47.0 Å². The van der Waals surface area contributed by atoms with Crippen LogP contribution in [0.25, 0.3) is 0 Å². The zero-order valence-corrected chi connectivity index (χ0v) is 17.4. The van der Waals surface area contributed by atoms with Crippen molar-refractivity contribution in [1.82, 2.24) is 0 Å². The second kappa shape index (κ2) is 9.50. The second-order valence-corrected chi connectivity index (χ2v) is 7.62. The topological polar surface area (TPSA) is 38.7 Å². The van der Waals surface area contributed by atoms with Crippen LogP contribution in [0.3, 0.4) is 0 Å². The highest BCUT2D eigenvalue weighted by atomic mass is 16.5. The summed E-state index contributed by atoms with van der Waals surface area (Å²) in [4.78, 5) is 16.3. The first-order chi connectivity index (χ1) is 12.9. The molecule has 144 valence electrons. The van der Waals surface area contributed by atoms with E-state index in [2.05, 4.69) is 51.7 Å². The maximum absolute atomic E-state index is 11.7. The number of aliphatic imine (C=N–C) groups is 1. The van der Waals surface area contributed by atoms with Gasteiger partial charge in [0.15, 0.2) is 6.29 Å². The Morgan fingerprint density at radius 3 is 2.41 bits per heavy atom. The number of nitrogens with zero attached hydrogens (tertiary/aromatic N) is 1. The Morgan fingerprint density at radius 1 is 1.11 bits per heavy atom. The van der Waals surface area contributed by atoms with E-state index in [4.69, 9.17) is 4.74 Å². The average Bonchev–Trinajstić information content (AvgIpc) is 2.64. The molecule has 0 aliphatic carbocycles. The van der Waals surface area contributed by atoms with Crippen LogP contribution in [0.2, 0.25) is 0 Å². The molecule has 0 N–H and O–H groups in total. The van der Waals surface area contributed by atoms with E-state index in [1.54, 1.807) is 7.05 Å². The zero-order chi connectivity index (χ0) is 20.0. The second-order valence-electron chi connectivity index (χ2n) is 7.62. The van der Waals surface area contributed by atoms with Crippen LogP contribution < -0.4 is 4.74 Å². The van der Waals surface area contributed by atoms with Gasteiger partial charge in [-0.3, -0.25) is 9.79 Å². The van der Waals surface area contributed by atoms with E-state index in [1.807, 2.05) is 24.3 Å². The third-order valence-corrected chi connectivity index (χ3v) is 4.83. The maximum Gasteiger partial charge on any atom is 0.150 e. The summed E-state index contributed by atoms with van der Waals surface area (Å²) >= 11 is 0. The lowest BCUT2D eigenvalue weighted by atomic mass is 9.87. The zero-order valence-electron chi connectivity index (χ0n) is 17.4. The molecule has 0 amide bonds. The predicted octanol–water partition coefficient (Wildman–Crippen LogP) is 5.82. The number of benzene rings is 2. The molecule has 0 saturated heterocycles. The summed E-state index contributed by atoms with van der Waals surface area (Å²) in [7, 11) is 1.78. The van der Waals surface area contributed by atoms with Crippen LogP contribution >= 0.6 is 0 Å². The van der Waals surface area contributed by atoms with Gasteiger partial charge in [0.1, 0.15) is 5.75 Å². The van der Waals surface area contributed by atoms with Gasteiger partial charge in [-0.2, -0.15) is 0 Å². The number of aldehydes is 1. The van der Waals surface area contributed by atoms with Crippen molar-refractivity contribution in [3.05, 3.63) is 64.2 Å². The van der Waals surface area contributed by atoms with E-state index in [0.29, 0.717) is 24.0 Å². The minimum absolute atomic E-state index is 0.294. The molecule has 3 nitrogen and oxygen atoms in total. The monoisotopic (exact) mass is 365 g/mol. The van der Waals surface area contributed by atoms with Gasteiger partial charge in [0, 0.05) is 29.3 Å². The molecule has 0 unspecified atom stereocenters. The molecular weight excluding hydrogens is 334 g/mol. The smallest absolute Gasteiger partial charge is 0.150 e. The third-order valence-electron chi connectivity index (χ3n) is 4.83. The third kappa shape index (κ3) is 4.85. The van der Waals surface area contributed by atoms with Crippen LogP contribution in [-0.2, 0) is 0 Å². The standard InChI is InChI=1S/C24H31NO2/c1-16(2)13-14-27-22-12-8-11-21(18(22)5)24(25-6)23-19(15-26)9-7-10-20(23)17(3)4/h7-12,15-17H,13-14H2,1-6H3. The van der Waals surface area contributed by atoms with Gasteiger partial charge in [-0.1, -0.05) is 58.0 Å². The van der Waals surface area contributed by atoms with Gasteiger partial charge in [0.05, 0.1) is 12.3 Å². The molecule has 0 spiro atoms. The summed E-state index contributed by atoms with van der Waals surface area (Å²) in [5, 5.41) is 0. The summed E-state index contributed by atoms with van der Waals surface area (Å²) in [5.41, 5.74) is 5.63. The SMILES string of the molecule is CN=C(c1cccc(OCCC(C)C)c1C)c1c(C=O)cccc1C(C)C. The van der Waals surface area contributed by atoms with Gasteiger partial charge in [-0.15, -0.1) is 0 Å². The molecule has 3 heteroatoms. The number of ether oxygens (including phenoxy) is 1. The molecule has 0 aliphatic rings. The molecule has 0 aliphatic heterocycles. The van der Waals surface area contributed by atoms with Crippen LogP contribution in [-0.4, -0.2) is 25.7 Å². The average molecular weight is 366 g/mol. The van der Waals surface area contributed by atoms with Gasteiger partial charge in [0.25, 0.3) is 0 Å². The van der Waals surface area contributed by atoms with Gasteiger partial charge in [-0.05, 0) is 36.8 Å². The molecule has 0 heterocycles. The van der Waals surface area contributed by atoms with Crippen molar-refractivity contribution >= 4 is 12.0 Å². The lowest BCUT2D eigenvalue weighted by Crippen LogP contribution is -2.14. The van der Waals surface area contributed by atoms with Gasteiger partial charge in [-0.25, -0.2) is 0 Å². The first-order valence-electron chi connectivity index (χ1n) is 9.68. The number of hydrogen-bond acceptors (Lipinski definition) is 3. The minimum atomic E-state index is 0.294. The highest BCUT2D eigenvalue weighted by molar-refractivity contribution is 6.18. The van der Waals surface area contributed by atoms with Crippen molar-refractivity contribution in [2.24, 2.45) is 10.9 Å². The van der Waals surface area contributed by atoms with Crippen LogP contribution in [0.5, 0.6) is 5.75 Å². The lowest BCUT2D eigenvalue weighted by Gasteiger charge is -2.19. The molecule has 0 aromatic heterocycles. The van der Waals surface area contributed by atoms with E-state index < -0.39 is 0 Å². The molecule has 0 radical (unpaired) electrons. The molecule has 0 atom stereocenters. The fourth-order valence-electron chi connectivity index (χ4n) is 3.24. The van der Waals surface area contributed by atoms with Crippen molar-refractivity contribution < 1.29 is 9.53 Å². The number of rotatable bonds is 8. The van der Waals surface area contributed by atoms with Gasteiger partial charge >= 0.3 is 0 Å². The van der Waals surface area contributed by atoms with Crippen LogP contribution in [0, 0.1) is 12.8 Å². The largest absolute Gasteiger partial charge is 0.493 e. The highest BCUT2D eigenvalue weighted by Gasteiger charge is 2.20. The molecular formula is C24H31NO2. The molecule has 0 bridgehead atoms. The maximum atomic E-state index is 11.7. The Kier molecular flexibility index (Phi) is 7.35. The van der Waals surface area contributed by atoms with Crippen LogP contribution in [0.4, 0.5) is 0 Å². The summed E-state index contributed by atoms with van der Waals surface area (Å²) < 4.78 is 6.03. The fourth-order valence-corrected chi connectivity index (χ4v) is 3.24. The Morgan fingerprint density at radius 2 is 1.81 bits per heavy atom.